The number of H-pyrrole nitrogens is 1. The van der Waals surface area contributed by atoms with Gasteiger partial charge in [-0.15, -0.1) is 0 Å². The molecule has 2 aromatic rings. The molecule has 0 amide bonds. The molecule has 3 heteroatoms. The summed E-state index contributed by atoms with van der Waals surface area (Å²) in [6.07, 6.45) is 1.76. The summed E-state index contributed by atoms with van der Waals surface area (Å²) in [5.41, 5.74) is 3.83. The monoisotopic (exact) mass is 213 g/mol. The van der Waals surface area contributed by atoms with E-state index in [2.05, 4.69) is 11.1 Å². The molecule has 80 valence electrons. The van der Waals surface area contributed by atoms with E-state index in [9.17, 15) is 9.90 Å². The van der Waals surface area contributed by atoms with Crippen molar-refractivity contribution in [1.82, 2.24) is 4.98 Å². The lowest BCUT2D eigenvalue weighted by Gasteiger charge is -2.19. The van der Waals surface area contributed by atoms with E-state index in [0.717, 1.165) is 29.7 Å². The maximum Gasteiger partial charge on any atom is 0.290 e. The zero-order chi connectivity index (χ0) is 11.1. The van der Waals surface area contributed by atoms with Gasteiger partial charge < -0.3 is 10.1 Å². The summed E-state index contributed by atoms with van der Waals surface area (Å²) in [5.74, 6) is -0.213. The Morgan fingerprint density at radius 1 is 1.12 bits per heavy atom. The van der Waals surface area contributed by atoms with Crippen LogP contribution in [0.1, 0.15) is 11.3 Å². The van der Waals surface area contributed by atoms with Crippen molar-refractivity contribution in [2.24, 2.45) is 0 Å². The van der Waals surface area contributed by atoms with Crippen molar-refractivity contribution in [2.75, 3.05) is 0 Å². The lowest BCUT2D eigenvalue weighted by molar-refractivity contribution is 0.466. The molecule has 0 saturated carbocycles. The maximum absolute atomic E-state index is 11.3. The predicted octanol–water partition coefficient (Wildman–Crippen LogP) is 1.85. The van der Waals surface area contributed by atoms with Gasteiger partial charge in [0.15, 0.2) is 5.75 Å². The second-order valence-electron chi connectivity index (χ2n) is 4.03. The van der Waals surface area contributed by atoms with Gasteiger partial charge in [-0.05, 0) is 30.0 Å². The topological polar surface area (TPSA) is 53.1 Å². The molecule has 0 radical (unpaired) electrons. The van der Waals surface area contributed by atoms with Crippen molar-refractivity contribution < 1.29 is 5.11 Å². The Bertz CT molecular complexity index is 614. The van der Waals surface area contributed by atoms with Gasteiger partial charge in [0.2, 0.25) is 0 Å². The number of rotatable bonds is 0. The van der Waals surface area contributed by atoms with Crippen molar-refractivity contribution in [2.45, 2.75) is 12.8 Å². The highest BCUT2D eigenvalue weighted by molar-refractivity contribution is 5.72. The second kappa shape index (κ2) is 3.23. The van der Waals surface area contributed by atoms with Crippen LogP contribution >= 0.6 is 0 Å². The zero-order valence-electron chi connectivity index (χ0n) is 8.66. The molecule has 0 unspecified atom stereocenters. The molecule has 3 nitrogen and oxygen atoms in total. The van der Waals surface area contributed by atoms with Crippen molar-refractivity contribution in [1.29, 1.82) is 0 Å². The minimum Gasteiger partial charge on any atom is -0.503 e. The first-order chi connectivity index (χ1) is 7.75. The van der Waals surface area contributed by atoms with Crippen LogP contribution in [0.25, 0.3) is 11.1 Å². The van der Waals surface area contributed by atoms with Gasteiger partial charge in [-0.2, -0.15) is 0 Å². The van der Waals surface area contributed by atoms with Gasteiger partial charge in [-0.1, -0.05) is 24.3 Å². The molecule has 16 heavy (non-hydrogen) atoms. The van der Waals surface area contributed by atoms with E-state index in [-0.39, 0.29) is 5.75 Å². The number of aromatic nitrogens is 1. The smallest absolute Gasteiger partial charge is 0.290 e. The SMILES string of the molecule is O=c1[nH]c2c(cc1O)-c1ccccc1CC2. The normalized spacial score (nSPS) is 13.0. The van der Waals surface area contributed by atoms with E-state index in [1.54, 1.807) is 6.07 Å². The first-order valence-corrected chi connectivity index (χ1v) is 5.29. The molecule has 1 heterocycles. The first-order valence-electron chi connectivity index (χ1n) is 5.29. The fraction of sp³-hybridized carbons (Fsp3) is 0.154. The van der Waals surface area contributed by atoms with Crippen molar-refractivity contribution in [3.63, 3.8) is 0 Å². The molecule has 3 rings (SSSR count). The van der Waals surface area contributed by atoms with Crippen LogP contribution in [0, 0.1) is 0 Å². The van der Waals surface area contributed by atoms with Crippen LogP contribution in [0.15, 0.2) is 35.1 Å². The Balaban J connectivity index is 2.32. The van der Waals surface area contributed by atoms with Crippen LogP contribution < -0.4 is 5.56 Å². The summed E-state index contributed by atoms with van der Waals surface area (Å²) in [6.45, 7) is 0. The fourth-order valence-corrected chi connectivity index (χ4v) is 2.26. The number of aromatic amines is 1. The highest BCUT2D eigenvalue weighted by Crippen LogP contribution is 2.32. The number of aryl methyl sites for hydroxylation is 2. The number of fused-ring (bicyclic) bond motifs is 3. The number of benzene rings is 1. The molecule has 1 aliphatic rings. The summed E-state index contributed by atoms with van der Waals surface area (Å²) in [5, 5.41) is 9.46. The van der Waals surface area contributed by atoms with E-state index < -0.39 is 5.56 Å². The van der Waals surface area contributed by atoms with E-state index in [4.69, 9.17) is 0 Å². The van der Waals surface area contributed by atoms with Crippen molar-refractivity contribution in [3.8, 4) is 16.9 Å². The van der Waals surface area contributed by atoms with E-state index in [0.29, 0.717) is 0 Å². The summed E-state index contributed by atoms with van der Waals surface area (Å²) in [7, 11) is 0. The molecular formula is C13H11NO2. The average Bonchev–Trinajstić information content (AvgIpc) is 2.31. The molecule has 0 fully saturated rings. The van der Waals surface area contributed by atoms with Gasteiger partial charge in [0.1, 0.15) is 0 Å². The van der Waals surface area contributed by atoms with Crippen molar-refractivity contribution >= 4 is 0 Å². The van der Waals surface area contributed by atoms with Crippen molar-refractivity contribution in [3.05, 3.63) is 51.9 Å². The molecule has 0 aliphatic heterocycles. The first kappa shape index (κ1) is 9.21. The van der Waals surface area contributed by atoms with E-state index in [1.165, 1.54) is 5.56 Å². The Morgan fingerprint density at radius 3 is 2.81 bits per heavy atom. The summed E-state index contributed by atoms with van der Waals surface area (Å²) >= 11 is 0. The standard InChI is InChI=1S/C13H11NO2/c15-12-7-10-9-4-2-1-3-8(9)5-6-11(10)14-13(12)16/h1-4,7,15H,5-6H2,(H,14,16). The molecule has 0 saturated heterocycles. The number of hydrogen-bond donors (Lipinski definition) is 2. The average molecular weight is 213 g/mol. The van der Waals surface area contributed by atoms with Crippen LogP contribution in [-0.2, 0) is 12.8 Å². The Kier molecular flexibility index (Phi) is 1.86. The quantitative estimate of drug-likeness (QED) is 0.701. The fourth-order valence-electron chi connectivity index (χ4n) is 2.26. The summed E-state index contributed by atoms with van der Waals surface area (Å²) in [4.78, 5) is 14.0. The molecule has 0 bridgehead atoms. The third-order valence-corrected chi connectivity index (χ3v) is 3.06. The summed E-state index contributed by atoms with van der Waals surface area (Å²) < 4.78 is 0. The second-order valence-corrected chi connectivity index (χ2v) is 4.03. The van der Waals surface area contributed by atoms with Crippen LogP contribution in [-0.4, -0.2) is 10.1 Å². The number of nitrogens with one attached hydrogen (secondary N) is 1. The third kappa shape index (κ3) is 1.25. The van der Waals surface area contributed by atoms with Gasteiger partial charge in [0.25, 0.3) is 5.56 Å². The number of aromatic hydroxyl groups is 1. The molecule has 0 spiro atoms. The molecule has 1 aromatic heterocycles. The van der Waals surface area contributed by atoms with Crippen LogP contribution in [0.3, 0.4) is 0 Å². The summed E-state index contributed by atoms with van der Waals surface area (Å²) in [6, 6.07) is 9.64. The molecule has 2 N–H and O–H groups in total. The lowest BCUT2D eigenvalue weighted by Crippen LogP contribution is -2.14. The zero-order valence-corrected chi connectivity index (χ0v) is 8.66. The largest absolute Gasteiger partial charge is 0.503 e. The van der Waals surface area contributed by atoms with Gasteiger partial charge in [0.05, 0.1) is 0 Å². The van der Waals surface area contributed by atoms with Gasteiger partial charge in [0, 0.05) is 11.3 Å². The molecule has 1 aliphatic carbocycles. The molecular weight excluding hydrogens is 202 g/mol. The van der Waals surface area contributed by atoms with E-state index in [1.807, 2.05) is 18.2 Å². The number of pyridine rings is 1. The van der Waals surface area contributed by atoms with E-state index >= 15 is 0 Å². The Morgan fingerprint density at radius 2 is 1.94 bits per heavy atom. The van der Waals surface area contributed by atoms with Crippen LogP contribution in [0.4, 0.5) is 0 Å². The molecule has 0 atom stereocenters. The lowest BCUT2D eigenvalue weighted by atomic mass is 9.88. The molecule has 1 aromatic carbocycles. The van der Waals surface area contributed by atoms with Crippen LogP contribution in [0.2, 0.25) is 0 Å². The third-order valence-electron chi connectivity index (χ3n) is 3.06. The predicted molar refractivity (Wildman–Crippen MR) is 61.6 cm³/mol. The maximum atomic E-state index is 11.3. The highest BCUT2D eigenvalue weighted by atomic mass is 16.3. The minimum absolute atomic E-state index is 0.213. The van der Waals surface area contributed by atoms with Gasteiger partial charge in [-0.3, -0.25) is 4.79 Å². The van der Waals surface area contributed by atoms with Gasteiger partial charge >= 0.3 is 0 Å². The Hall–Kier alpha value is -2.03. The van der Waals surface area contributed by atoms with Crippen LogP contribution in [0.5, 0.6) is 5.75 Å². The van der Waals surface area contributed by atoms with Gasteiger partial charge in [-0.25, -0.2) is 0 Å². The number of hydrogen-bond acceptors (Lipinski definition) is 2. The highest BCUT2D eigenvalue weighted by Gasteiger charge is 2.17. The Labute approximate surface area is 92.4 Å². The minimum atomic E-state index is -0.405.